The van der Waals surface area contributed by atoms with Crippen LogP contribution in [0.1, 0.15) is 51.0 Å². The molecule has 1 fully saturated rings. The highest BCUT2D eigenvalue weighted by molar-refractivity contribution is 5.83. The maximum absolute atomic E-state index is 13.1. The molecule has 1 aliphatic rings. The zero-order chi connectivity index (χ0) is 15.1. The third kappa shape index (κ3) is 3.82. The first kappa shape index (κ1) is 16.0. The SMILES string of the molecule is CCN(Cc1ccncc1)C(=O)C1(CN)CCCCCC1. The smallest absolute Gasteiger partial charge is 0.230 e. The first-order valence-electron chi connectivity index (χ1n) is 8.10. The van der Waals surface area contributed by atoms with Gasteiger partial charge in [-0.1, -0.05) is 25.7 Å². The number of nitrogens with zero attached hydrogens (tertiary/aromatic N) is 2. The number of aromatic nitrogens is 1. The predicted molar refractivity (Wildman–Crippen MR) is 84.5 cm³/mol. The number of nitrogens with two attached hydrogens (primary N) is 1. The summed E-state index contributed by atoms with van der Waals surface area (Å²) in [5.74, 6) is 0.242. The van der Waals surface area contributed by atoms with Crippen LogP contribution in [-0.4, -0.2) is 28.9 Å². The van der Waals surface area contributed by atoms with Crippen LogP contribution < -0.4 is 5.73 Å². The van der Waals surface area contributed by atoms with Gasteiger partial charge in [-0.05, 0) is 37.5 Å². The quantitative estimate of drug-likeness (QED) is 0.848. The predicted octanol–water partition coefficient (Wildman–Crippen LogP) is 2.73. The minimum Gasteiger partial charge on any atom is -0.338 e. The third-order valence-corrected chi connectivity index (χ3v) is 4.70. The van der Waals surface area contributed by atoms with Crippen LogP contribution in [0.2, 0.25) is 0 Å². The van der Waals surface area contributed by atoms with Gasteiger partial charge in [0.1, 0.15) is 0 Å². The lowest BCUT2D eigenvalue weighted by Gasteiger charge is -2.35. The first-order valence-corrected chi connectivity index (χ1v) is 8.10. The van der Waals surface area contributed by atoms with Crippen molar-refractivity contribution in [1.82, 2.24) is 9.88 Å². The van der Waals surface area contributed by atoms with Crippen molar-refractivity contribution in [1.29, 1.82) is 0 Å². The molecule has 2 rings (SSSR count). The largest absolute Gasteiger partial charge is 0.338 e. The summed E-state index contributed by atoms with van der Waals surface area (Å²) in [5.41, 5.74) is 6.83. The molecule has 1 amide bonds. The molecule has 21 heavy (non-hydrogen) atoms. The Hall–Kier alpha value is -1.42. The Morgan fingerprint density at radius 3 is 2.38 bits per heavy atom. The Balaban J connectivity index is 2.13. The number of amides is 1. The molecule has 0 unspecified atom stereocenters. The van der Waals surface area contributed by atoms with E-state index < -0.39 is 0 Å². The second-order valence-electron chi connectivity index (χ2n) is 6.07. The van der Waals surface area contributed by atoms with E-state index in [0.717, 1.165) is 37.8 Å². The van der Waals surface area contributed by atoms with E-state index in [-0.39, 0.29) is 11.3 Å². The summed E-state index contributed by atoms with van der Waals surface area (Å²) in [6.45, 7) is 3.89. The van der Waals surface area contributed by atoms with Crippen LogP contribution in [-0.2, 0) is 11.3 Å². The van der Waals surface area contributed by atoms with E-state index in [4.69, 9.17) is 5.73 Å². The minimum absolute atomic E-state index is 0.242. The van der Waals surface area contributed by atoms with E-state index in [2.05, 4.69) is 4.98 Å². The zero-order valence-electron chi connectivity index (χ0n) is 13.1. The number of carbonyl (C=O) groups is 1. The highest BCUT2D eigenvalue weighted by atomic mass is 16.2. The lowest BCUT2D eigenvalue weighted by Crippen LogP contribution is -2.47. The van der Waals surface area contributed by atoms with Crippen LogP contribution in [0.4, 0.5) is 0 Å². The fourth-order valence-electron chi connectivity index (χ4n) is 3.28. The van der Waals surface area contributed by atoms with E-state index in [1.54, 1.807) is 12.4 Å². The summed E-state index contributed by atoms with van der Waals surface area (Å²) in [4.78, 5) is 19.1. The average Bonchev–Trinajstić information content (AvgIpc) is 2.79. The van der Waals surface area contributed by atoms with Gasteiger partial charge < -0.3 is 10.6 Å². The number of hydrogen-bond acceptors (Lipinski definition) is 3. The Labute approximate surface area is 127 Å². The van der Waals surface area contributed by atoms with Gasteiger partial charge in [0.2, 0.25) is 5.91 Å². The molecule has 0 aliphatic heterocycles. The highest BCUT2D eigenvalue weighted by Crippen LogP contribution is 2.36. The molecule has 1 heterocycles. The Bertz CT molecular complexity index is 439. The van der Waals surface area contributed by atoms with E-state index >= 15 is 0 Å². The minimum atomic E-state index is -0.334. The average molecular weight is 289 g/mol. The molecule has 116 valence electrons. The lowest BCUT2D eigenvalue weighted by molar-refractivity contribution is -0.143. The van der Waals surface area contributed by atoms with Gasteiger partial charge in [-0.2, -0.15) is 0 Å². The number of carbonyl (C=O) groups excluding carboxylic acids is 1. The van der Waals surface area contributed by atoms with Gasteiger partial charge in [-0.3, -0.25) is 9.78 Å². The molecule has 1 saturated carbocycles. The second kappa shape index (κ2) is 7.55. The maximum atomic E-state index is 13.1. The molecule has 4 nitrogen and oxygen atoms in total. The van der Waals surface area contributed by atoms with Gasteiger partial charge in [0, 0.05) is 32.0 Å². The van der Waals surface area contributed by atoms with Crippen molar-refractivity contribution in [3.63, 3.8) is 0 Å². The van der Waals surface area contributed by atoms with Crippen LogP contribution in [0.3, 0.4) is 0 Å². The number of pyridine rings is 1. The third-order valence-electron chi connectivity index (χ3n) is 4.70. The van der Waals surface area contributed by atoms with Crippen molar-refractivity contribution in [3.8, 4) is 0 Å². The van der Waals surface area contributed by atoms with Crippen molar-refractivity contribution in [3.05, 3.63) is 30.1 Å². The second-order valence-corrected chi connectivity index (χ2v) is 6.07. The molecule has 0 radical (unpaired) electrons. The van der Waals surface area contributed by atoms with Gasteiger partial charge in [-0.15, -0.1) is 0 Å². The van der Waals surface area contributed by atoms with Crippen LogP contribution in [0.15, 0.2) is 24.5 Å². The van der Waals surface area contributed by atoms with E-state index in [1.807, 2.05) is 24.0 Å². The zero-order valence-corrected chi connectivity index (χ0v) is 13.1. The number of hydrogen-bond donors (Lipinski definition) is 1. The van der Waals surface area contributed by atoms with Gasteiger partial charge >= 0.3 is 0 Å². The molecule has 0 atom stereocenters. The summed E-state index contributed by atoms with van der Waals surface area (Å²) in [5, 5.41) is 0. The van der Waals surface area contributed by atoms with E-state index in [1.165, 1.54) is 12.8 Å². The van der Waals surface area contributed by atoms with E-state index in [0.29, 0.717) is 13.1 Å². The molecule has 4 heteroatoms. The summed E-state index contributed by atoms with van der Waals surface area (Å²) < 4.78 is 0. The van der Waals surface area contributed by atoms with Crippen LogP contribution in [0.25, 0.3) is 0 Å². The van der Waals surface area contributed by atoms with E-state index in [9.17, 15) is 4.79 Å². The Morgan fingerprint density at radius 1 is 1.24 bits per heavy atom. The Kier molecular flexibility index (Phi) is 5.74. The van der Waals surface area contributed by atoms with Gasteiger partial charge in [0.15, 0.2) is 0 Å². The first-order chi connectivity index (χ1) is 10.2. The molecule has 0 saturated heterocycles. The molecule has 1 aromatic heterocycles. The van der Waals surface area contributed by atoms with Crippen LogP contribution >= 0.6 is 0 Å². The topological polar surface area (TPSA) is 59.2 Å². The molecule has 0 spiro atoms. The molecule has 1 aromatic rings. The maximum Gasteiger partial charge on any atom is 0.230 e. The molecular formula is C17H27N3O. The van der Waals surface area contributed by atoms with Crippen molar-refractivity contribution < 1.29 is 4.79 Å². The highest BCUT2D eigenvalue weighted by Gasteiger charge is 2.39. The standard InChI is InChI=1S/C17H27N3O/c1-2-20(13-15-7-11-19-12-8-15)16(21)17(14-18)9-5-3-4-6-10-17/h7-8,11-12H,2-6,9-10,13-14,18H2,1H3. The summed E-state index contributed by atoms with van der Waals surface area (Å²) in [7, 11) is 0. The summed E-state index contributed by atoms with van der Waals surface area (Å²) in [6.07, 6.45) is 10.1. The van der Waals surface area contributed by atoms with Crippen molar-refractivity contribution >= 4 is 5.91 Å². The normalized spacial score (nSPS) is 18.0. The van der Waals surface area contributed by atoms with Crippen molar-refractivity contribution in [2.45, 2.75) is 52.0 Å². The van der Waals surface area contributed by atoms with Crippen molar-refractivity contribution in [2.75, 3.05) is 13.1 Å². The molecule has 1 aliphatic carbocycles. The molecular weight excluding hydrogens is 262 g/mol. The Morgan fingerprint density at radius 2 is 1.86 bits per heavy atom. The van der Waals surface area contributed by atoms with Gasteiger partial charge in [0.05, 0.1) is 5.41 Å². The van der Waals surface area contributed by atoms with Gasteiger partial charge in [0.25, 0.3) is 0 Å². The molecule has 2 N–H and O–H groups in total. The number of rotatable bonds is 5. The lowest BCUT2D eigenvalue weighted by atomic mass is 9.79. The van der Waals surface area contributed by atoms with Crippen LogP contribution in [0, 0.1) is 5.41 Å². The fraction of sp³-hybridized carbons (Fsp3) is 0.647. The molecule has 0 aromatic carbocycles. The van der Waals surface area contributed by atoms with Gasteiger partial charge in [-0.25, -0.2) is 0 Å². The summed E-state index contributed by atoms with van der Waals surface area (Å²) >= 11 is 0. The van der Waals surface area contributed by atoms with Crippen LogP contribution in [0.5, 0.6) is 0 Å². The molecule has 0 bridgehead atoms. The summed E-state index contributed by atoms with van der Waals surface area (Å²) in [6, 6.07) is 3.94. The fourth-order valence-corrected chi connectivity index (χ4v) is 3.28. The van der Waals surface area contributed by atoms with Crippen molar-refractivity contribution in [2.24, 2.45) is 11.1 Å². The monoisotopic (exact) mass is 289 g/mol.